The Labute approximate surface area is 130 Å². The van der Waals surface area contributed by atoms with Crippen molar-refractivity contribution >= 4 is 22.6 Å². The van der Waals surface area contributed by atoms with Crippen molar-refractivity contribution in [3.05, 3.63) is 33.4 Å². The number of hydrogen-bond acceptors (Lipinski definition) is 2. The number of rotatable bonds is 8. The molecule has 2 atom stereocenters. The molecule has 0 aromatic heterocycles. The molecule has 1 saturated carbocycles. The van der Waals surface area contributed by atoms with Crippen LogP contribution in [-0.2, 0) is 11.2 Å². The lowest BCUT2D eigenvalue weighted by Crippen LogP contribution is -2.44. The topological polar surface area (TPSA) is 21.3 Å². The Hall–Kier alpha value is -0.130. The first-order valence-electron chi connectivity index (χ1n) is 7.25. The molecule has 1 fully saturated rings. The molecular weight excluding hydrogens is 349 g/mol. The number of ether oxygens (including phenoxy) is 1. The third-order valence-corrected chi connectivity index (χ3v) is 4.50. The molecule has 0 spiro atoms. The number of methoxy groups -OCH3 is 1. The third-order valence-electron chi connectivity index (χ3n) is 3.78. The summed E-state index contributed by atoms with van der Waals surface area (Å²) in [5.41, 5.74) is 1.40. The monoisotopic (exact) mass is 373 g/mol. The van der Waals surface area contributed by atoms with Gasteiger partial charge in [0.15, 0.2) is 0 Å². The summed E-state index contributed by atoms with van der Waals surface area (Å²) in [6.07, 6.45) is 5.26. The molecule has 0 aliphatic heterocycles. The summed E-state index contributed by atoms with van der Waals surface area (Å²) in [6, 6.07) is 9.29. The maximum Gasteiger partial charge on any atom is 0.0755 e. The largest absolute Gasteiger partial charge is 0.380 e. The zero-order valence-corrected chi connectivity index (χ0v) is 14.0. The van der Waals surface area contributed by atoms with Crippen LogP contribution in [-0.4, -0.2) is 25.8 Å². The molecule has 106 valence electrons. The molecule has 3 heteroatoms. The summed E-state index contributed by atoms with van der Waals surface area (Å²) >= 11 is 2.35. The fraction of sp³-hybridized carbons (Fsp3) is 0.625. The van der Waals surface area contributed by atoms with E-state index in [1.165, 1.54) is 28.4 Å². The highest BCUT2D eigenvalue weighted by molar-refractivity contribution is 14.1. The summed E-state index contributed by atoms with van der Waals surface area (Å²) in [4.78, 5) is 0. The van der Waals surface area contributed by atoms with E-state index in [2.05, 4.69) is 59.1 Å². The van der Waals surface area contributed by atoms with E-state index in [1.54, 1.807) is 0 Å². The van der Waals surface area contributed by atoms with E-state index in [9.17, 15) is 0 Å². The van der Waals surface area contributed by atoms with Gasteiger partial charge in [-0.25, -0.2) is 0 Å². The molecule has 0 heterocycles. The minimum Gasteiger partial charge on any atom is -0.380 e. The normalized spacial score (nSPS) is 18.3. The first-order valence-corrected chi connectivity index (χ1v) is 8.33. The average Bonchev–Trinajstić information content (AvgIpc) is 3.23. The van der Waals surface area contributed by atoms with Gasteiger partial charge in [0.1, 0.15) is 0 Å². The number of nitrogens with one attached hydrogen (secondary N) is 1. The summed E-state index contributed by atoms with van der Waals surface area (Å²) in [6.45, 7) is 3.29. The first-order chi connectivity index (χ1) is 9.24. The molecule has 1 N–H and O–H groups in total. The highest BCUT2D eigenvalue weighted by atomic mass is 127. The second kappa shape index (κ2) is 7.60. The van der Waals surface area contributed by atoms with Crippen molar-refractivity contribution in [1.82, 2.24) is 5.32 Å². The van der Waals surface area contributed by atoms with E-state index in [0.717, 1.165) is 18.9 Å². The Kier molecular flexibility index (Phi) is 6.10. The van der Waals surface area contributed by atoms with Crippen LogP contribution in [0.2, 0.25) is 0 Å². The molecule has 1 aromatic carbocycles. The van der Waals surface area contributed by atoms with Crippen molar-refractivity contribution in [2.45, 2.75) is 44.8 Å². The quantitative estimate of drug-likeness (QED) is 0.703. The van der Waals surface area contributed by atoms with Crippen LogP contribution in [0.25, 0.3) is 0 Å². The van der Waals surface area contributed by atoms with Crippen LogP contribution in [0.15, 0.2) is 24.3 Å². The first kappa shape index (κ1) is 15.3. The van der Waals surface area contributed by atoms with Crippen LogP contribution in [0.5, 0.6) is 0 Å². The van der Waals surface area contributed by atoms with Gasteiger partial charge in [-0.05, 0) is 78.4 Å². The minimum atomic E-state index is 0.367. The lowest BCUT2D eigenvalue weighted by molar-refractivity contribution is 0.0511. The van der Waals surface area contributed by atoms with Crippen molar-refractivity contribution in [2.75, 3.05) is 13.7 Å². The van der Waals surface area contributed by atoms with E-state index in [0.29, 0.717) is 12.1 Å². The predicted molar refractivity (Wildman–Crippen MR) is 88.5 cm³/mol. The minimum absolute atomic E-state index is 0.367. The zero-order valence-electron chi connectivity index (χ0n) is 11.9. The lowest BCUT2D eigenvalue weighted by Gasteiger charge is -2.27. The van der Waals surface area contributed by atoms with Gasteiger partial charge in [0.05, 0.1) is 6.10 Å². The van der Waals surface area contributed by atoms with Gasteiger partial charge in [0.25, 0.3) is 0 Å². The summed E-state index contributed by atoms with van der Waals surface area (Å²) in [7, 11) is 1.86. The van der Waals surface area contributed by atoms with Crippen molar-refractivity contribution in [1.29, 1.82) is 0 Å². The van der Waals surface area contributed by atoms with E-state index in [-0.39, 0.29) is 0 Å². The Bertz CT molecular complexity index is 375. The Morgan fingerprint density at radius 2 is 2.00 bits per heavy atom. The van der Waals surface area contributed by atoms with Gasteiger partial charge in [0.2, 0.25) is 0 Å². The fourth-order valence-electron chi connectivity index (χ4n) is 2.62. The maximum atomic E-state index is 5.77. The SMILES string of the molecule is CCCNC(Cc1ccc(I)cc1)C(OC)C1CC1. The number of hydrogen-bond donors (Lipinski definition) is 1. The average molecular weight is 373 g/mol. The standard InChI is InChI=1S/C16H24INO/c1-3-10-18-15(16(19-2)13-6-7-13)11-12-4-8-14(17)9-5-12/h4-5,8-9,13,15-16,18H,3,6-7,10-11H2,1-2H3. The van der Waals surface area contributed by atoms with Crippen LogP contribution < -0.4 is 5.32 Å². The van der Waals surface area contributed by atoms with Gasteiger partial charge >= 0.3 is 0 Å². The second-order valence-electron chi connectivity index (χ2n) is 5.43. The van der Waals surface area contributed by atoms with Crippen LogP contribution in [0.1, 0.15) is 31.7 Å². The molecule has 0 bridgehead atoms. The lowest BCUT2D eigenvalue weighted by atomic mass is 9.98. The van der Waals surface area contributed by atoms with Gasteiger partial charge in [-0.2, -0.15) is 0 Å². The van der Waals surface area contributed by atoms with Crippen LogP contribution in [0.4, 0.5) is 0 Å². The van der Waals surface area contributed by atoms with Gasteiger partial charge in [-0.3, -0.25) is 0 Å². The molecule has 0 amide bonds. The molecule has 2 nitrogen and oxygen atoms in total. The highest BCUT2D eigenvalue weighted by Gasteiger charge is 2.36. The van der Waals surface area contributed by atoms with Crippen molar-refractivity contribution in [3.63, 3.8) is 0 Å². The van der Waals surface area contributed by atoms with Crippen molar-refractivity contribution in [2.24, 2.45) is 5.92 Å². The van der Waals surface area contributed by atoms with E-state index >= 15 is 0 Å². The molecule has 1 aliphatic carbocycles. The molecule has 0 radical (unpaired) electrons. The van der Waals surface area contributed by atoms with Crippen LogP contribution in [0.3, 0.4) is 0 Å². The summed E-state index contributed by atoms with van der Waals surface area (Å²) in [5, 5.41) is 3.68. The van der Waals surface area contributed by atoms with E-state index in [4.69, 9.17) is 4.74 Å². The van der Waals surface area contributed by atoms with Gasteiger partial charge in [0, 0.05) is 16.7 Å². The van der Waals surface area contributed by atoms with Crippen molar-refractivity contribution in [3.8, 4) is 0 Å². The van der Waals surface area contributed by atoms with Gasteiger partial charge in [-0.15, -0.1) is 0 Å². The van der Waals surface area contributed by atoms with Crippen LogP contribution >= 0.6 is 22.6 Å². The molecule has 19 heavy (non-hydrogen) atoms. The van der Waals surface area contributed by atoms with E-state index < -0.39 is 0 Å². The molecule has 1 aromatic rings. The maximum absolute atomic E-state index is 5.77. The predicted octanol–water partition coefficient (Wildman–Crippen LogP) is 3.63. The summed E-state index contributed by atoms with van der Waals surface area (Å²) < 4.78 is 7.06. The van der Waals surface area contributed by atoms with Crippen LogP contribution in [0, 0.1) is 9.49 Å². The zero-order chi connectivity index (χ0) is 13.7. The Morgan fingerprint density at radius 3 is 2.53 bits per heavy atom. The second-order valence-corrected chi connectivity index (χ2v) is 6.67. The Balaban J connectivity index is 2.01. The smallest absolute Gasteiger partial charge is 0.0755 e. The highest BCUT2D eigenvalue weighted by Crippen LogP contribution is 2.36. The molecule has 1 aliphatic rings. The van der Waals surface area contributed by atoms with Gasteiger partial charge < -0.3 is 10.1 Å². The van der Waals surface area contributed by atoms with Crippen molar-refractivity contribution < 1.29 is 4.74 Å². The Morgan fingerprint density at radius 1 is 1.32 bits per heavy atom. The number of halogens is 1. The molecular formula is C16H24INO. The van der Waals surface area contributed by atoms with E-state index in [1.807, 2.05) is 7.11 Å². The molecule has 2 unspecified atom stereocenters. The molecule has 0 saturated heterocycles. The number of benzene rings is 1. The third kappa shape index (κ3) is 4.72. The fourth-order valence-corrected chi connectivity index (χ4v) is 2.98. The van der Waals surface area contributed by atoms with Gasteiger partial charge in [-0.1, -0.05) is 19.1 Å². The summed E-state index contributed by atoms with van der Waals surface area (Å²) in [5.74, 6) is 0.767. The molecule has 2 rings (SSSR count).